The van der Waals surface area contributed by atoms with Crippen LogP contribution in [0.15, 0.2) is 0 Å². The van der Waals surface area contributed by atoms with E-state index < -0.39 is 31.7 Å². The first kappa shape index (κ1) is 17.8. The zero-order valence-electron chi connectivity index (χ0n) is 11.2. The lowest BCUT2D eigenvalue weighted by Gasteiger charge is -2.09. The van der Waals surface area contributed by atoms with Gasteiger partial charge in [0.1, 0.15) is 0 Å². The Kier molecular flexibility index (Phi) is 7.34. The van der Waals surface area contributed by atoms with Crippen LogP contribution in [0.5, 0.6) is 0 Å². The summed E-state index contributed by atoms with van der Waals surface area (Å²) in [6.07, 6.45) is 0. The molecule has 0 aromatic heterocycles. The van der Waals surface area contributed by atoms with Crippen LogP contribution in [0.4, 0.5) is 0 Å². The van der Waals surface area contributed by atoms with Crippen molar-refractivity contribution in [1.29, 1.82) is 0 Å². The second-order valence-electron chi connectivity index (χ2n) is 4.88. The van der Waals surface area contributed by atoms with Gasteiger partial charge >= 0.3 is 0 Å². The highest BCUT2D eigenvalue weighted by Crippen LogP contribution is 2.04. The van der Waals surface area contributed by atoms with Crippen LogP contribution in [0.3, 0.4) is 0 Å². The van der Waals surface area contributed by atoms with Gasteiger partial charge in [-0.25, -0.2) is 0 Å². The molecule has 0 aromatic rings. The standard InChI is InChI=1S/C10H22O6S2/c1-9(2)7-15-17(11,12)5-6-18(13,14)16-8-10(3)4/h9-10H,5-8H2,1-4H3. The van der Waals surface area contributed by atoms with Gasteiger partial charge in [0.25, 0.3) is 20.2 Å². The number of hydrogen-bond acceptors (Lipinski definition) is 6. The summed E-state index contributed by atoms with van der Waals surface area (Å²) in [5.41, 5.74) is 0. The van der Waals surface area contributed by atoms with Crippen LogP contribution >= 0.6 is 0 Å². The molecule has 0 atom stereocenters. The van der Waals surface area contributed by atoms with Crippen LogP contribution in [0.2, 0.25) is 0 Å². The Balaban J connectivity index is 4.22. The average Bonchev–Trinajstić information content (AvgIpc) is 2.22. The zero-order chi connectivity index (χ0) is 14.4. The van der Waals surface area contributed by atoms with Gasteiger partial charge in [0.05, 0.1) is 24.7 Å². The lowest BCUT2D eigenvalue weighted by atomic mass is 10.2. The molecule has 0 saturated carbocycles. The lowest BCUT2D eigenvalue weighted by molar-refractivity contribution is 0.270. The van der Waals surface area contributed by atoms with E-state index in [1.165, 1.54) is 0 Å². The van der Waals surface area contributed by atoms with Gasteiger partial charge in [0.2, 0.25) is 0 Å². The van der Waals surface area contributed by atoms with Gasteiger partial charge < -0.3 is 0 Å². The van der Waals surface area contributed by atoms with Crippen LogP contribution in [-0.2, 0) is 28.6 Å². The molecule has 0 bridgehead atoms. The average molecular weight is 302 g/mol. The number of hydrogen-bond donors (Lipinski definition) is 0. The van der Waals surface area contributed by atoms with Crippen LogP contribution < -0.4 is 0 Å². The highest BCUT2D eigenvalue weighted by molar-refractivity contribution is 7.90. The Morgan fingerprint density at radius 3 is 1.22 bits per heavy atom. The molecule has 0 fully saturated rings. The zero-order valence-corrected chi connectivity index (χ0v) is 12.9. The SMILES string of the molecule is CC(C)COS(=O)(=O)CCS(=O)(=O)OCC(C)C. The van der Waals surface area contributed by atoms with E-state index >= 15 is 0 Å². The third kappa shape index (κ3) is 9.81. The molecule has 8 heteroatoms. The van der Waals surface area contributed by atoms with E-state index in [4.69, 9.17) is 0 Å². The minimum atomic E-state index is -3.81. The van der Waals surface area contributed by atoms with Crippen molar-refractivity contribution >= 4 is 20.2 Å². The molecule has 0 aliphatic rings. The molecular weight excluding hydrogens is 280 g/mol. The molecule has 0 N–H and O–H groups in total. The molecule has 110 valence electrons. The predicted octanol–water partition coefficient (Wildman–Crippen LogP) is 0.991. The maximum Gasteiger partial charge on any atom is 0.268 e. The maximum absolute atomic E-state index is 11.4. The quantitative estimate of drug-likeness (QED) is 0.590. The molecule has 18 heavy (non-hydrogen) atoms. The fraction of sp³-hybridized carbons (Fsp3) is 1.00. The highest BCUT2D eigenvalue weighted by atomic mass is 32.2. The monoisotopic (exact) mass is 302 g/mol. The lowest BCUT2D eigenvalue weighted by Crippen LogP contribution is -2.23. The first-order chi connectivity index (χ1) is 8.04. The first-order valence-electron chi connectivity index (χ1n) is 5.78. The molecule has 6 nitrogen and oxygen atoms in total. The van der Waals surface area contributed by atoms with Gasteiger partial charge in [-0.15, -0.1) is 0 Å². The van der Waals surface area contributed by atoms with E-state index in [-0.39, 0.29) is 25.0 Å². The van der Waals surface area contributed by atoms with Crippen LogP contribution in [0.1, 0.15) is 27.7 Å². The van der Waals surface area contributed by atoms with Gasteiger partial charge in [0.15, 0.2) is 0 Å². The Morgan fingerprint density at radius 1 is 0.722 bits per heavy atom. The third-order valence-corrected chi connectivity index (χ3v) is 4.40. The van der Waals surface area contributed by atoms with Gasteiger partial charge in [-0.3, -0.25) is 8.37 Å². The van der Waals surface area contributed by atoms with Crippen molar-refractivity contribution in [3.8, 4) is 0 Å². The third-order valence-electron chi connectivity index (χ3n) is 1.75. The summed E-state index contributed by atoms with van der Waals surface area (Å²) >= 11 is 0. The van der Waals surface area contributed by atoms with Crippen molar-refractivity contribution < 1.29 is 25.2 Å². The van der Waals surface area contributed by atoms with Crippen molar-refractivity contribution in [1.82, 2.24) is 0 Å². The molecule has 0 aliphatic heterocycles. The molecule has 0 aliphatic carbocycles. The summed E-state index contributed by atoms with van der Waals surface area (Å²) in [7, 11) is -7.62. The second-order valence-corrected chi connectivity index (χ2v) is 8.40. The molecule has 0 spiro atoms. The minimum Gasteiger partial charge on any atom is -0.270 e. The normalized spacial score (nSPS) is 13.4. The molecular formula is C10H22O6S2. The Labute approximate surface area is 110 Å². The largest absolute Gasteiger partial charge is 0.270 e. The van der Waals surface area contributed by atoms with Crippen LogP contribution in [0, 0.1) is 11.8 Å². The molecule has 0 amide bonds. The van der Waals surface area contributed by atoms with Crippen molar-refractivity contribution in [2.24, 2.45) is 11.8 Å². The second kappa shape index (κ2) is 7.42. The van der Waals surface area contributed by atoms with Crippen molar-refractivity contribution in [2.75, 3.05) is 24.7 Å². The maximum atomic E-state index is 11.4. The molecule has 0 unspecified atom stereocenters. The highest BCUT2D eigenvalue weighted by Gasteiger charge is 2.19. The summed E-state index contributed by atoms with van der Waals surface area (Å²) in [5, 5.41) is 0. The Bertz CT molecular complexity index is 379. The predicted molar refractivity (Wildman–Crippen MR) is 69.2 cm³/mol. The van der Waals surface area contributed by atoms with E-state index in [9.17, 15) is 16.8 Å². The van der Waals surface area contributed by atoms with Gasteiger partial charge in [-0.05, 0) is 11.8 Å². The summed E-state index contributed by atoms with van der Waals surface area (Å²) < 4.78 is 54.8. The van der Waals surface area contributed by atoms with Crippen molar-refractivity contribution in [3.63, 3.8) is 0 Å². The molecule has 0 aromatic carbocycles. The van der Waals surface area contributed by atoms with E-state index in [2.05, 4.69) is 8.37 Å². The fourth-order valence-corrected chi connectivity index (χ4v) is 3.63. The van der Waals surface area contributed by atoms with Gasteiger partial charge in [0, 0.05) is 0 Å². The number of rotatable bonds is 9. The molecule has 0 rings (SSSR count). The molecule has 0 radical (unpaired) electrons. The fourth-order valence-electron chi connectivity index (χ4n) is 0.801. The minimum absolute atomic E-state index is 0.0508. The van der Waals surface area contributed by atoms with Gasteiger partial charge in [-0.2, -0.15) is 16.8 Å². The molecule has 0 heterocycles. The summed E-state index contributed by atoms with van der Waals surface area (Å²) in [6.45, 7) is 7.32. The van der Waals surface area contributed by atoms with Gasteiger partial charge in [-0.1, -0.05) is 27.7 Å². The summed E-state index contributed by atoms with van der Waals surface area (Å²) in [4.78, 5) is 0. The topological polar surface area (TPSA) is 86.7 Å². The van der Waals surface area contributed by atoms with E-state index in [1.54, 1.807) is 27.7 Å². The summed E-state index contributed by atoms with van der Waals surface area (Å²) in [6, 6.07) is 0. The Morgan fingerprint density at radius 2 is 1.00 bits per heavy atom. The van der Waals surface area contributed by atoms with Crippen LogP contribution in [0.25, 0.3) is 0 Å². The van der Waals surface area contributed by atoms with E-state index in [1.807, 2.05) is 0 Å². The summed E-state index contributed by atoms with van der Waals surface area (Å²) in [5.74, 6) is -1.04. The van der Waals surface area contributed by atoms with Crippen LogP contribution in [-0.4, -0.2) is 41.6 Å². The smallest absolute Gasteiger partial charge is 0.268 e. The van der Waals surface area contributed by atoms with E-state index in [0.29, 0.717) is 0 Å². The van der Waals surface area contributed by atoms with E-state index in [0.717, 1.165) is 0 Å². The van der Waals surface area contributed by atoms with Crippen molar-refractivity contribution in [3.05, 3.63) is 0 Å². The first-order valence-corrected chi connectivity index (χ1v) is 8.94. The Hall–Kier alpha value is -0.180. The molecule has 0 saturated heterocycles. The van der Waals surface area contributed by atoms with Crippen molar-refractivity contribution in [2.45, 2.75) is 27.7 Å².